The summed E-state index contributed by atoms with van der Waals surface area (Å²) in [4.78, 5) is 48.5. The number of piperidine rings is 2. The van der Waals surface area contributed by atoms with Crippen molar-refractivity contribution in [2.24, 2.45) is 0 Å². The van der Waals surface area contributed by atoms with E-state index in [4.69, 9.17) is 14.5 Å². The fourth-order valence-electron chi connectivity index (χ4n) is 7.47. The van der Waals surface area contributed by atoms with E-state index < -0.39 is 11.6 Å². The summed E-state index contributed by atoms with van der Waals surface area (Å²) in [7, 11) is 0. The summed E-state index contributed by atoms with van der Waals surface area (Å²) in [5, 5.41) is 12.0. The number of ether oxygens (including phenoxy) is 2. The Morgan fingerprint density at radius 2 is 1.84 bits per heavy atom. The number of aliphatic hydroxyl groups is 1. The standard InChI is InChI=1S/C33H38N4O6/c1-3-22-23-16-21(43-32(40)36-14-10-20(11-15-36)35-12-6-5-7-13-35)8-9-27(23)34-29-24(22)18-37-28(29)17-26-25(30(37)38)19-42-31(39)33(26,41)4-2/h8-9,16-17,20,41H,3-7,10-15,18-19H2,1-2H3/t33-/m0/s1/i8+1,9+1,16+1,21+1,23+1,27+1. The van der Waals surface area contributed by atoms with Crippen LogP contribution in [0.5, 0.6) is 5.75 Å². The zero-order chi connectivity index (χ0) is 29.9. The number of aryl methyl sites for hydroxylation is 1. The number of amides is 1. The number of carbonyl (C=O) groups is 2. The van der Waals surface area contributed by atoms with E-state index in [0.717, 1.165) is 34.9 Å². The maximum absolute atomic E-state index is 13.6. The van der Waals surface area contributed by atoms with Crippen molar-refractivity contribution in [1.82, 2.24) is 19.4 Å². The SMILES string of the molecule is CCc1c2c(n[13c]3[13cH][13cH][13c](OC(=O)N4CCC(N5CCCCC5)CC4)[13cH][13c]13)-c1cc3c(c(=O)n1C2)COC(=O)[C@]3(O)CC. The topological polar surface area (TPSA) is 114 Å². The zero-order valence-electron chi connectivity index (χ0n) is 24.9. The Labute approximate surface area is 250 Å². The number of pyridine rings is 2. The molecule has 0 aliphatic carbocycles. The van der Waals surface area contributed by atoms with Crippen LogP contribution in [-0.2, 0) is 34.7 Å². The number of rotatable bonds is 4. The maximum Gasteiger partial charge on any atom is 0.415 e. The van der Waals surface area contributed by atoms with Crippen LogP contribution in [0.15, 0.2) is 29.1 Å². The van der Waals surface area contributed by atoms with Gasteiger partial charge in [0.15, 0.2) is 5.60 Å². The van der Waals surface area contributed by atoms with E-state index in [1.54, 1.807) is 23.6 Å². The predicted octanol–water partition coefficient (Wildman–Crippen LogP) is 4.09. The molecular weight excluding hydrogens is 554 g/mol. The number of likely N-dealkylation sites (tertiary alicyclic amines) is 2. The summed E-state index contributed by atoms with van der Waals surface area (Å²) in [6, 6.07) is 7.77. The summed E-state index contributed by atoms with van der Waals surface area (Å²) < 4.78 is 12.7. The van der Waals surface area contributed by atoms with E-state index in [2.05, 4.69) is 11.8 Å². The molecule has 0 spiro atoms. The van der Waals surface area contributed by atoms with Crippen molar-refractivity contribution in [3.05, 3.63) is 56.9 Å². The van der Waals surface area contributed by atoms with Gasteiger partial charge in [0, 0.05) is 35.6 Å². The van der Waals surface area contributed by atoms with E-state index in [0.29, 0.717) is 60.4 Å². The van der Waals surface area contributed by atoms with Crippen LogP contribution in [0.1, 0.15) is 74.6 Å². The molecule has 0 unspecified atom stereocenters. The van der Waals surface area contributed by atoms with Crippen LogP contribution in [0.25, 0.3) is 22.3 Å². The van der Waals surface area contributed by atoms with Crippen molar-refractivity contribution in [3.63, 3.8) is 0 Å². The van der Waals surface area contributed by atoms with Crippen molar-refractivity contribution in [1.29, 1.82) is 0 Å². The third kappa shape index (κ3) is 4.53. The molecule has 10 nitrogen and oxygen atoms in total. The minimum atomic E-state index is -1.86. The van der Waals surface area contributed by atoms with Gasteiger partial charge in [-0.25, -0.2) is 14.6 Å². The minimum Gasteiger partial charge on any atom is -0.458 e. The monoisotopic (exact) mass is 592 g/mol. The molecule has 2 aromatic heterocycles. The molecule has 6 heterocycles. The molecule has 0 bridgehead atoms. The lowest BCUT2D eigenvalue weighted by molar-refractivity contribution is -0.172. The normalized spacial score (nSPS) is 22.2. The van der Waals surface area contributed by atoms with Gasteiger partial charge in [-0.05, 0) is 81.4 Å². The highest BCUT2D eigenvalue weighted by atomic mass is 16.6. The molecule has 3 aromatic rings. The third-order valence-corrected chi connectivity index (χ3v) is 9.97. The Morgan fingerprint density at radius 1 is 1.07 bits per heavy atom. The van der Waals surface area contributed by atoms with Gasteiger partial charge in [0.05, 0.1) is 29.0 Å². The van der Waals surface area contributed by atoms with E-state index in [-0.39, 0.29) is 24.7 Å². The molecule has 4 aliphatic heterocycles. The lowest BCUT2D eigenvalue weighted by Crippen LogP contribution is -2.48. The number of hydrogen-bond donors (Lipinski definition) is 1. The first-order valence-corrected chi connectivity index (χ1v) is 15.7. The van der Waals surface area contributed by atoms with Crippen molar-refractivity contribution in [3.8, 4) is 17.1 Å². The number of carbonyl (C=O) groups excluding carboxylic acids is 2. The second-order valence-electron chi connectivity index (χ2n) is 12.2. The van der Waals surface area contributed by atoms with Gasteiger partial charge in [0.25, 0.3) is 5.56 Å². The molecule has 226 valence electrons. The van der Waals surface area contributed by atoms with E-state index in [1.807, 2.05) is 17.0 Å². The van der Waals surface area contributed by atoms with Gasteiger partial charge in [0.2, 0.25) is 0 Å². The number of aromatic nitrogens is 2. The predicted molar refractivity (Wildman–Crippen MR) is 160 cm³/mol. The lowest BCUT2D eigenvalue weighted by Gasteiger charge is -2.39. The third-order valence-electron chi connectivity index (χ3n) is 9.97. The highest BCUT2D eigenvalue weighted by molar-refractivity contribution is 5.90. The summed E-state index contributed by atoms with van der Waals surface area (Å²) in [6.45, 7) is 7.65. The smallest absolute Gasteiger partial charge is 0.415 e. The van der Waals surface area contributed by atoms with E-state index in [9.17, 15) is 19.5 Å². The van der Waals surface area contributed by atoms with Gasteiger partial charge in [0.1, 0.15) is 12.4 Å². The molecule has 1 amide bonds. The van der Waals surface area contributed by atoms with Crippen LogP contribution in [-0.4, -0.2) is 68.7 Å². The van der Waals surface area contributed by atoms with Gasteiger partial charge in [-0.1, -0.05) is 20.3 Å². The molecule has 10 heteroatoms. The quantitative estimate of drug-likeness (QED) is 0.353. The summed E-state index contributed by atoms with van der Waals surface area (Å²) in [6.07, 6.45) is 6.26. The van der Waals surface area contributed by atoms with Crippen LogP contribution in [0.4, 0.5) is 4.79 Å². The molecule has 43 heavy (non-hydrogen) atoms. The minimum absolute atomic E-state index is 0.0951. The lowest BCUT2D eigenvalue weighted by atomic mass is 9.86. The molecule has 4 aliphatic rings. The first kappa shape index (κ1) is 28.0. The van der Waals surface area contributed by atoms with Gasteiger partial charge in [-0.3, -0.25) is 4.79 Å². The maximum atomic E-state index is 13.6. The van der Waals surface area contributed by atoms with Crippen molar-refractivity contribution < 1.29 is 24.2 Å². The number of cyclic esters (lactones) is 1. The number of nitrogens with zero attached hydrogens (tertiary/aromatic N) is 4. The van der Waals surface area contributed by atoms with Crippen LogP contribution in [0, 0.1) is 0 Å². The summed E-state index contributed by atoms with van der Waals surface area (Å²) in [5.41, 5.74) is 2.38. The Morgan fingerprint density at radius 3 is 2.56 bits per heavy atom. The van der Waals surface area contributed by atoms with Gasteiger partial charge < -0.3 is 28.9 Å². The fourth-order valence-corrected chi connectivity index (χ4v) is 7.47. The number of benzene rings is 1. The molecule has 1 atom stereocenters. The fraction of sp³-hybridized carbons (Fsp3) is 0.515. The van der Waals surface area contributed by atoms with Crippen LogP contribution in [0.2, 0.25) is 0 Å². The van der Waals surface area contributed by atoms with Crippen molar-refractivity contribution >= 4 is 23.0 Å². The molecular formula is C33H38N4O6. The first-order valence-electron chi connectivity index (χ1n) is 15.7. The highest BCUT2D eigenvalue weighted by Gasteiger charge is 2.45. The highest BCUT2D eigenvalue weighted by Crippen LogP contribution is 2.40. The van der Waals surface area contributed by atoms with Gasteiger partial charge in [-0.15, -0.1) is 0 Å². The molecule has 1 aromatic carbocycles. The van der Waals surface area contributed by atoms with Crippen molar-refractivity contribution in [2.45, 2.75) is 83.6 Å². The van der Waals surface area contributed by atoms with E-state index >= 15 is 0 Å². The average Bonchev–Trinajstić information content (AvgIpc) is 3.41. The van der Waals surface area contributed by atoms with Crippen LogP contribution >= 0.6 is 0 Å². The molecule has 0 radical (unpaired) electrons. The molecule has 7 rings (SSSR count). The van der Waals surface area contributed by atoms with E-state index in [1.165, 1.54) is 32.4 Å². The molecule has 0 saturated carbocycles. The number of esters is 1. The van der Waals surface area contributed by atoms with Crippen LogP contribution < -0.4 is 10.3 Å². The Kier molecular flexibility index (Phi) is 7.01. The Hall–Kier alpha value is -3.76. The Bertz CT molecular complexity index is 1690. The second kappa shape index (κ2) is 10.7. The summed E-state index contributed by atoms with van der Waals surface area (Å²) in [5.74, 6) is -0.266. The molecule has 2 saturated heterocycles. The zero-order valence-corrected chi connectivity index (χ0v) is 24.9. The van der Waals surface area contributed by atoms with Gasteiger partial charge >= 0.3 is 12.1 Å². The number of hydrogen-bond acceptors (Lipinski definition) is 8. The van der Waals surface area contributed by atoms with Gasteiger partial charge in [-0.2, -0.15) is 0 Å². The second-order valence-corrected chi connectivity index (χ2v) is 12.2. The number of fused-ring (bicyclic) bond motifs is 5. The molecule has 2 fully saturated rings. The Balaban J connectivity index is 1.16. The molecule has 1 N–H and O–H groups in total. The first-order chi connectivity index (χ1) is 20.8. The summed E-state index contributed by atoms with van der Waals surface area (Å²) >= 11 is 0. The van der Waals surface area contributed by atoms with Crippen LogP contribution in [0.3, 0.4) is 0 Å². The largest absolute Gasteiger partial charge is 0.458 e. The average molecular weight is 593 g/mol. The van der Waals surface area contributed by atoms with Crippen molar-refractivity contribution in [2.75, 3.05) is 26.2 Å².